The molecule has 1 N–H and O–H groups in total. The molecule has 0 aromatic carbocycles. The molecule has 1 atom stereocenters. The summed E-state index contributed by atoms with van der Waals surface area (Å²) >= 11 is 0. The lowest BCUT2D eigenvalue weighted by Gasteiger charge is -2.17. The zero-order chi connectivity index (χ0) is 13.4. The zero-order valence-corrected chi connectivity index (χ0v) is 10.9. The van der Waals surface area contributed by atoms with Crippen molar-refractivity contribution in [3.05, 3.63) is 16.6 Å². The van der Waals surface area contributed by atoms with Crippen molar-refractivity contribution in [2.45, 2.75) is 38.3 Å². The summed E-state index contributed by atoms with van der Waals surface area (Å²) < 4.78 is 2.76. The van der Waals surface area contributed by atoms with Crippen LogP contribution in [0.5, 0.6) is 0 Å². The number of aryl methyl sites for hydroxylation is 1. The van der Waals surface area contributed by atoms with Crippen LogP contribution in [0.25, 0.3) is 11.0 Å². The van der Waals surface area contributed by atoms with Crippen LogP contribution in [0.2, 0.25) is 0 Å². The fourth-order valence-corrected chi connectivity index (χ4v) is 2.76. The summed E-state index contributed by atoms with van der Waals surface area (Å²) in [5.74, 6) is 0.276. The van der Waals surface area contributed by atoms with Crippen LogP contribution >= 0.6 is 0 Å². The number of aromatic nitrogens is 5. The summed E-state index contributed by atoms with van der Waals surface area (Å²) in [5, 5.41) is 22.5. The maximum atomic E-state index is 12.2. The molecule has 0 spiro atoms. The Bertz CT molecular complexity index is 641. The average Bonchev–Trinajstić information content (AvgIpc) is 3.03. The molecule has 1 unspecified atom stereocenters. The molecule has 2 aromatic heterocycles. The molecule has 1 aliphatic carbocycles. The molecule has 19 heavy (non-hydrogen) atoms. The smallest absolute Gasteiger partial charge is 0.280 e. The van der Waals surface area contributed by atoms with Crippen molar-refractivity contribution in [3.63, 3.8) is 0 Å². The molecule has 3 rings (SSSR count). The molecule has 0 aliphatic heterocycles. The van der Waals surface area contributed by atoms with Gasteiger partial charge >= 0.3 is 0 Å². The Morgan fingerprint density at radius 2 is 2.21 bits per heavy atom. The predicted octanol–water partition coefficient (Wildman–Crippen LogP) is 0.0761. The number of hydrogen-bond donors (Lipinski definition) is 1. The van der Waals surface area contributed by atoms with E-state index in [0.717, 1.165) is 25.7 Å². The highest BCUT2D eigenvalue weighted by Gasteiger charge is 2.24. The Kier molecular flexibility index (Phi) is 3.06. The van der Waals surface area contributed by atoms with Crippen molar-refractivity contribution < 1.29 is 5.11 Å². The molecule has 2 heterocycles. The molecular weight excluding hydrogens is 246 g/mol. The van der Waals surface area contributed by atoms with Gasteiger partial charge in [-0.15, -0.1) is 5.10 Å². The van der Waals surface area contributed by atoms with E-state index in [9.17, 15) is 9.90 Å². The van der Waals surface area contributed by atoms with Crippen LogP contribution < -0.4 is 5.56 Å². The number of fused-ring (bicyclic) bond motifs is 1. The SMILES string of the molecule is Cn1ncc2c(=O)n(CC(O)C3CCCC3)nnc21. The highest BCUT2D eigenvalue weighted by molar-refractivity contribution is 5.72. The van der Waals surface area contributed by atoms with Crippen LogP contribution in [-0.2, 0) is 13.6 Å². The third kappa shape index (κ3) is 2.14. The first kappa shape index (κ1) is 12.3. The second kappa shape index (κ2) is 4.73. The minimum atomic E-state index is -0.524. The Morgan fingerprint density at radius 1 is 1.47 bits per heavy atom. The van der Waals surface area contributed by atoms with E-state index in [2.05, 4.69) is 15.4 Å². The van der Waals surface area contributed by atoms with Crippen molar-refractivity contribution in [1.82, 2.24) is 24.8 Å². The maximum absolute atomic E-state index is 12.2. The largest absolute Gasteiger partial charge is 0.391 e. The van der Waals surface area contributed by atoms with Crippen LogP contribution in [0.1, 0.15) is 25.7 Å². The standard InChI is InChI=1S/C12H17N5O2/c1-16-11-9(6-13-16)12(19)17(15-14-11)7-10(18)8-4-2-3-5-8/h6,8,10,18H,2-5,7H2,1H3. The molecule has 2 aromatic rings. The molecule has 102 valence electrons. The van der Waals surface area contributed by atoms with Crippen LogP contribution in [0.4, 0.5) is 0 Å². The monoisotopic (exact) mass is 263 g/mol. The second-order valence-electron chi connectivity index (χ2n) is 5.19. The average molecular weight is 263 g/mol. The normalized spacial score (nSPS) is 18.2. The zero-order valence-electron chi connectivity index (χ0n) is 10.9. The summed E-state index contributed by atoms with van der Waals surface area (Å²) in [4.78, 5) is 12.2. The molecule has 1 saturated carbocycles. The third-order valence-corrected chi connectivity index (χ3v) is 3.92. The van der Waals surface area contributed by atoms with Gasteiger partial charge in [-0.25, -0.2) is 9.36 Å². The van der Waals surface area contributed by atoms with Gasteiger partial charge in [0.2, 0.25) is 0 Å². The summed E-state index contributed by atoms with van der Waals surface area (Å²) in [6.45, 7) is 0.210. The minimum absolute atomic E-state index is 0.210. The van der Waals surface area contributed by atoms with E-state index in [-0.39, 0.29) is 18.0 Å². The van der Waals surface area contributed by atoms with Crippen molar-refractivity contribution in [2.75, 3.05) is 0 Å². The lowest BCUT2D eigenvalue weighted by atomic mass is 10.0. The number of aliphatic hydroxyl groups excluding tert-OH is 1. The van der Waals surface area contributed by atoms with E-state index in [1.807, 2.05) is 0 Å². The number of aliphatic hydroxyl groups is 1. The number of hydrogen-bond acceptors (Lipinski definition) is 5. The third-order valence-electron chi connectivity index (χ3n) is 3.92. The molecule has 7 nitrogen and oxygen atoms in total. The Balaban J connectivity index is 1.88. The summed E-state index contributed by atoms with van der Waals surface area (Å²) in [6, 6.07) is 0. The van der Waals surface area contributed by atoms with Gasteiger partial charge < -0.3 is 5.11 Å². The lowest BCUT2D eigenvalue weighted by Crippen LogP contribution is -2.32. The van der Waals surface area contributed by atoms with Crippen LogP contribution in [0.15, 0.2) is 11.0 Å². The molecule has 1 aliphatic rings. The first-order chi connectivity index (χ1) is 9.16. The summed E-state index contributed by atoms with van der Waals surface area (Å²) in [5.41, 5.74) is 0.228. The first-order valence-corrected chi connectivity index (χ1v) is 6.60. The quantitative estimate of drug-likeness (QED) is 0.847. The number of nitrogens with zero attached hydrogens (tertiary/aromatic N) is 5. The van der Waals surface area contributed by atoms with Crippen LogP contribution in [-0.4, -0.2) is 36.0 Å². The second-order valence-corrected chi connectivity index (χ2v) is 5.19. The Hall–Kier alpha value is -1.76. The highest BCUT2D eigenvalue weighted by atomic mass is 16.3. The molecule has 0 bridgehead atoms. The molecule has 0 amide bonds. The molecule has 0 saturated heterocycles. The predicted molar refractivity (Wildman–Crippen MR) is 68.5 cm³/mol. The molecule has 0 radical (unpaired) electrons. The number of rotatable bonds is 3. The fourth-order valence-electron chi connectivity index (χ4n) is 2.76. The maximum Gasteiger partial charge on any atom is 0.280 e. The van der Waals surface area contributed by atoms with E-state index < -0.39 is 6.10 Å². The van der Waals surface area contributed by atoms with E-state index in [4.69, 9.17) is 0 Å². The van der Waals surface area contributed by atoms with E-state index in [1.54, 1.807) is 7.05 Å². The van der Waals surface area contributed by atoms with Gasteiger partial charge in [-0.3, -0.25) is 4.79 Å². The summed E-state index contributed by atoms with van der Waals surface area (Å²) in [6.07, 6.45) is 5.33. The van der Waals surface area contributed by atoms with Gasteiger partial charge in [-0.05, 0) is 18.8 Å². The van der Waals surface area contributed by atoms with Gasteiger partial charge in [-0.2, -0.15) is 5.10 Å². The van der Waals surface area contributed by atoms with Crippen molar-refractivity contribution in [2.24, 2.45) is 13.0 Å². The van der Waals surface area contributed by atoms with Crippen molar-refractivity contribution in [3.8, 4) is 0 Å². The van der Waals surface area contributed by atoms with Gasteiger partial charge in [0.05, 0.1) is 18.8 Å². The fraction of sp³-hybridized carbons (Fsp3) is 0.667. The van der Waals surface area contributed by atoms with Gasteiger partial charge in [0.15, 0.2) is 5.65 Å². The molecule has 7 heteroatoms. The molecular formula is C12H17N5O2. The molecule has 1 fully saturated rings. The van der Waals surface area contributed by atoms with Crippen LogP contribution in [0.3, 0.4) is 0 Å². The van der Waals surface area contributed by atoms with Gasteiger partial charge in [0.25, 0.3) is 5.56 Å². The first-order valence-electron chi connectivity index (χ1n) is 6.60. The van der Waals surface area contributed by atoms with Crippen molar-refractivity contribution >= 4 is 11.0 Å². The topological polar surface area (TPSA) is 85.8 Å². The highest BCUT2D eigenvalue weighted by Crippen LogP contribution is 2.28. The summed E-state index contributed by atoms with van der Waals surface area (Å²) in [7, 11) is 1.72. The lowest BCUT2D eigenvalue weighted by molar-refractivity contribution is 0.0870. The van der Waals surface area contributed by atoms with E-state index >= 15 is 0 Å². The van der Waals surface area contributed by atoms with E-state index in [0.29, 0.717) is 11.0 Å². The Morgan fingerprint density at radius 3 is 2.95 bits per heavy atom. The van der Waals surface area contributed by atoms with E-state index in [1.165, 1.54) is 15.6 Å². The van der Waals surface area contributed by atoms with Crippen molar-refractivity contribution in [1.29, 1.82) is 0 Å². The van der Waals surface area contributed by atoms with Gasteiger partial charge in [0.1, 0.15) is 5.39 Å². The van der Waals surface area contributed by atoms with Gasteiger partial charge in [-0.1, -0.05) is 18.1 Å². The minimum Gasteiger partial charge on any atom is -0.391 e. The van der Waals surface area contributed by atoms with Crippen LogP contribution in [0, 0.1) is 5.92 Å². The Labute approximate surface area is 109 Å². The van der Waals surface area contributed by atoms with Gasteiger partial charge in [0, 0.05) is 7.05 Å².